The van der Waals surface area contributed by atoms with Gasteiger partial charge in [0.25, 0.3) is 0 Å². The van der Waals surface area contributed by atoms with Crippen molar-refractivity contribution < 1.29 is 33.3 Å². The maximum atomic E-state index is 14.4. The zero-order chi connectivity index (χ0) is 21.3. The highest BCUT2D eigenvalue weighted by Gasteiger charge is 2.39. The standard InChI is InChI=1S/C21H27F2NO5/c22-21(23,16-7-2-1-3-8-16)18(25)12-11-17-9-6-10-19(26)24(17)13-4-5-14-29-15-20(27)28/h1-3,7-8,11-12,17-18,25H,4-6,9-10,13-15H2,(H,27,28). The molecule has 8 heteroatoms. The Labute approximate surface area is 168 Å². The lowest BCUT2D eigenvalue weighted by Gasteiger charge is -2.34. The summed E-state index contributed by atoms with van der Waals surface area (Å²) in [6.07, 6.45) is 3.47. The van der Waals surface area contributed by atoms with E-state index < -0.39 is 18.0 Å². The van der Waals surface area contributed by atoms with Crippen LogP contribution in [0.3, 0.4) is 0 Å². The van der Waals surface area contributed by atoms with Crippen molar-refractivity contribution in [1.29, 1.82) is 0 Å². The highest BCUT2D eigenvalue weighted by Crippen LogP contribution is 2.32. The number of rotatable bonds is 11. The summed E-state index contributed by atoms with van der Waals surface area (Å²) in [7, 11) is 0. The molecule has 0 aromatic heterocycles. The maximum Gasteiger partial charge on any atom is 0.329 e. The number of ether oxygens (including phenoxy) is 1. The van der Waals surface area contributed by atoms with E-state index in [-0.39, 0.29) is 30.7 Å². The number of halogens is 2. The molecule has 6 nitrogen and oxygen atoms in total. The number of aliphatic hydroxyl groups is 1. The molecule has 0 spiro atoms. The molecule has 2 atom stereocenters. The summed E-state index contributed by atoms with van der Waals surface area (Å²) in [5.74, 6) is -4.52. The molecule has 29 heavy (non-hydrogen) atoms. The van der Waals surface area contributed by atoms with Gasteiger partial charge in [-0.3, -0.25) is 4.79 Å². The molecular formula is C21H27F2NO5. The number of carboxylic acid groups (broad SMARTS) is 1. The van der Waals surface area contributed by atoms with Gasteiger partial charge in [-0.25, -0.2) is 4.79 Å². The predicted molar refractivity (Wildman–Crippen MR) is 103 cm³/mol. The molecule has 1 aliphatic rings. The Kier molecular flexibility index (Phi) is 8.72. The number of hydrogen-bond donors (Lipinski definition) is 2. The summed E-state index contributed by atoms with van der Waals surface area (Å²) in [6, 6.07) is 6.78. The number of carboxylic acids is 1. The van der Waals surface area contributed by atoms with Gasteiger partial charge in [0, 0.05) is 25.1 Å². The van der Waals surface area contributed by atoms with Crippen molar-refractivity contribution in [3.8, 4) is 0 Å². The van der Waals surface area contributed by atoms with E-state index in [1.54, 1.807) is 11.0 Å². The molecule has 1 fully saturated rings. The Morgan fingerprint density at radius 1 is 1.31 bits per heavy atom. The quantitative estimate of drug-likeness (QED) is 0.432. The third-order valence-electron chi connectivity index (χ3n) is 4.82. The van der Waals surface area contributed by atoms with Crippen LogP contribution in [0.4, 0.5) is 8.78 Å². The monoisotopic (exact) mass is 411 g/mol. The van der Waals surface area contributed by atoms with E-state index in [0.717, 1.165) is 6.08 Å². The Morgan fingerprint density at radius 2 is 2.03 bits per heavy atom. The van der Waals surface area contributed by atoms with Crippen LogP contribution < -0.4 is 0 Å². The van der Waals surface area contributed by atoms with E-state index >= 15 is 0 Å². The molecule has 2 rings (SSSR count). The number of unbranched alkanes of at least 4 members (excludes halogenated alkanes) is 1. The molecular weight excluding hydrogens is 384 g/mol. The van der Waals surface area contributed by atoms with Crippen molar-refractivity contribution in [2.24, 2.45) is 0 Å². The molecule has 1 saturated heterocycles. The van der Waals surface area contributed by atoms with Crippen LogP contribution in [0.15, 0.2) is 42.5 Å². The van der Waals surface area contributed by atoms with Crippen molar-refractivity contribution in [2.75, 3.05) is 19.8 Å². The first-order chi connectivity index (χ1) is 13.8. The van der Waals surface area contributed by atoms with Gasteiger partial charge in [0.2, 0.25) is 5.91 Å². The van der Waals surface area contributed by atoms with E-state index in [9.17, 15) is 23.5 Å². The van der Waals surface area contributed by atoms with Gasteiger partial charge >= 0.3 is 11.9 Å². The fourth-order valence-electron chi connectivity index (χ4n) is 3.27. The number of piperidine rings is 1. The zero-order valence-corrected chi connectivity index (χ0v) is 16.2. The second-order valence-corrected chi connectivity index (χ2v) is 7.02. The van der Waals surface area contributed by atoms with Gasteiger partial charge in [-0.1, -0.05) is 42.5 Å². The number of aliphatic carboxylic acids is 1. The zero-order valence-electron chi connectivity index (χ0n) is 16.2. The molecule has 1 amide bonds. The van der Waals surface area contributed by atoms with Crippen LogP contribution in [-0.2, 0) is 20.2 Å². The van der Waals surface area contributed by atoms with E-state index in [4.69, 9.17) is 9.84 Å². The minimum atomic E-state index is -3.43. The average molecular weight is 411 g/mol. The summed E-state index contributed by atoms with van der Waals surface area (Å²) in [5, 5.41) is 18.5. The molecule has 0 radical (unpaired) electrons. The number of hydrogen-bond acceptors (Lipinski definition) is 4. The molecule has 0 saturated carbocycles. The minimum absolute atomic E-state index is 0.0540. The normalized spacial score (nSPS) is 18.9. The minimum Gasteiger partial charge on any atom is -0.480 e. The van der Waals surface area contributed by atoms with Crippen LogP contribution in [0, 0.1) is 0 Å². The van der Waals surface area contributed by atoms with Gasteiger partial charge in [0.1, 0.15) is 12.7 Å². The fraction of sp³-hybridized carbons (Fsp3) is 0.524. The van der Waals surface area contributed by atoms with Gasteiger partial charge in [0.15, 0.2) is 0 Å². The van der Waals surface area contributed by atoms with E-state index in [1.807, 2.05) is 0 Å². The van der Waals surface area contributed by atoms with Gasteiger partial charge in [-0.05, 0) is 25.7 Å². The first-order valence-electron chi connectivity index (χ1n) is 9.71. The smallest absolute Gasteiger partial charge is 0.329 e. The van der Waals surface area contributed by atoms with Gasteiger partial charge in [0.05, 0.1) is 6.04 Å². The number of aliphatic hydroxyl groups excluding tert-OH is 1. The fourth-order valence-corrected chi connectivity index (χ4v) is 3.27. The number of carbonyl (C=O) groups excluding carboxylic acids is 1. The van der Waals surface area contributed by atoms with E-state index in [2.05, 4.69) is 0 Å². The lowest BCUT2D eigenvalue weighted by molar-refractivity contribution is -0.142. The van der Waals surface area contributed by atoms with Crippen LogP contribution in [0.2, 0.25) is 0 Å². The first-order valence-corrected chi connectivity index (χ1v) is 9.71. The van der Waals surface area contributed by atoms with Gasteiger partial charge < -0.3 is 19.8 Å². The van der Waals surface area contributed by atoms with Crippen molar-refractivity contribution in [3.63, 3.8) is 0 Å². The Bertz CT molecular complexity index is 696. The van der Waals surface area contributed by atoms with Crippen LogP contribution >= 0.6 is 0 Å². The number of carbonyl (C=O) groups is 2. The van der Waals surface area contributed by atoms with Gasteiger partial charge in [-0.15, -0.1) is 0 Å². The number of nitrogens with zero attached hydrogens (tertiary/aromatic N) is 1. The second kappa shape index (κ2) is 11.0. The molecule has 1 heterocycles. The molecule has 160 valence electrons. The maximum absolute atomic E-state index is 14.4. The number of alkyl halides is 2. The summed E-state index contributed by atoms with van der Waals surface area (Å²) in [4.78, 5) is 24.3. The summed E-state index contributed by atoms with van der Waals surface area (Å²) >= 11 is 0. The number of likely N-dealkylation sites (tertiary alicyclic amines) is 1. The van der Waals surface area contributed by atoms with Crippen molar-refractivity contribution in [1.82, 2.24) is 4.90 Å². The largest absolute Gasteiger partial charge is 0.480 e. The summed E-state index contributed by atoms with van der Waals surface area (Å²) in [6.45, 7) is 0.341. The van der Waals surface area contributed by atoms with Crippen LogP contribution in [0.5, 0.6) is 0 Å². The van der Waals surface area contributed by atoms with Crippen molar-refractivity contribution >= 4 is 11.9 Å². The number of amides is 1. The van der Waals surface area contributed by atoms with Crippen LogP contribution in [-0.4, -0.2) is 58.9 Å². The van der Waals surface area contributed by atoms with Crippen molar-refractivity contribution in [3.05, 3.63) is 48.0 Å². The Morgan fingerprint density at radius 3 is 2.72 bits per heavy atom. The lowest BCUT2D eigenvalue weighted by Crippen LogP contribution is -2.43. The molecule has 0 aliphatic carbocycles. The third kappa shape index (κ3) is 6.90. The van der Waals surface area contributed by atoms with E-state index in [1.165, 1.54) is 30.3 Å². The van der Waals surface area contributed by atoms with Crippen LogP contribution in [0.25, 0.3) is 0 Å². The molecule has 1 aliphatic heterocycles. The average Bonchev–Trinajstić information content (AvgIpc) is 2.70. The SMILES string of the molecule is O=C(O)COCCCCN1C(=O)CCCC1C=CC(O)C(F)(F)c1ccccc1. The molecule has 2 unspecified atom stereocenters. The van der Waals surface area contributed by atoms with E-state index in [0.29, 0.717) is 38.6 Å². The molecule has 1 aromatic rings. The molecule has 2 N–H and O–H groups in total. The predicted octanol–water partition coefficient (Wildman–Crippen LogP) is 2.96. The van der Waals surface area contributed by atoms with Gasteiger partial charge in [-0.2, -0.15) is 8.78 Å². The molecule has 1 aromatic carbocycles. The lowest BCUT2D eigenvalue weighted by atomic mass is 9.98. The summed E-state index contributed by atoms with van der Waals surface area (Å²) < 4.78 is 33.8. The van der Waals surface area contributed by atoms with Crippen LogP contribution in [0.1, 0.15) is 37.7 Å². The highest BCUT2D eigenvalue weighted by molar-refractivity contribution is 5.77. The van der Waals surface area contributed by atoms with Crippen molar-refractivity contribution in [2.45, 2.75) is 50.2 Å². The second-order valence-electron chi connectivity index (χ2n) is 7.02. The molecule has 0 bridgehead atoms. The first kappa shape index (κ1) is 23.0. The Hall–Kier alpha value is -2.32. The summed E-state index contributed by atoms with van der Waals surface area (Å²) in [5.41, 5.74) is -0.268. The Balaban J connectivity index is 1.92. The highest BCUT2D eigenvalue weighted by atomic mass is 19.3. The number of benzene rings is 1. The third-order valence-corrected chi connectivity index (χ3v) is 4.82. The topological polar surface area (TPSA) is 87.1 Å².